The Kier molecular flexibility index (Phi) is 12.2. The first-order valence-electron chi connectivity index (χ1n) is 13.2. The lowest BCUT2D eigenvalue weighted by Crippen LogP contribution is -2.54. The first kappa shape index (κ1) is 31.8. The minimum Gasteiger partial charge on any atom is -0.493 e. The molecule has 40 heavy (non-hydrogen) atoms. The molecule has 3 rings (SSSR count). The van der Waals surface area contributed by atoms with Crippen molar-refractivity contribution in [1.29, 1.82) is 0 Å². The number of aliphatic hydroxyl groups is 3. The van der Waals surface area contributed by atoms with Gasteiger partial charge < -0.3 is 35.0 Å². The highest BCUT2D eigenvalue weighted by Crippen LogP contribution is 2.37. The van der Waals surface area contributed by atoms with E-state index in [1.807, 2.05) is 29.5 Å². The molecule has 11 heteroatoms. The molecule has 0 radical (unpaired) electrons. The van der Waals surface area contributed by atoms with Crippen LogP contribution in [-0.2, 0) is 22.7 Å². The molecule has 0 heterocycles. The Bertz CT molecular complexity index is 1190. The number of halogens is 2. The van der Waals surface area contributed by atoms with Crippen LogP contribution in [-0.4, -0.2) is 70.5 Å². The topological polar surface area (TPSA) is 129 Å². The Morgan fingerprint density at radius 1 is 1.18 bits per heavy atom. The van der Waals surface area contributed by atoms with Crippen molar-refractivity contribution in [2.45, 2.75) is 64.0 Å². The van der Waals surface area contributed by atoms with Crippen LogP contribution in [0.5, 0.6) is 11.5 Å². The fourth-order valence-electron chi connectivity index (χ4n) is 4.54. The van der Waals surface area contributed by atoms with Crippen molar-refractivity contribution in [2.75, 3.05) is 20.3 Å². The summed E-state index contributed by atoms with van der Waals surface area (Å²) >= 11 is 2.04. The van der Waals surface area contributed by atoms with Crippen LogP contribution >= 0.6 is 22.6 Å². The Morgan fingerprint density at radius 3 is 2.52 bits per heavy atom. The molecule has 1 aliphatic carbocycles. The average molecular weight is 671 g/mol. The molecular weight excluding hydrogens is 634 g/mol. The van der Waals surface area contributed by atoms with Crippen LogP contribution in [0.2, 0.25) is 0 Å². The van der Waals surface area contributed by atoms with E-state index in [0.717, 1.165) is 6.42 Å². The van der Waals surface area contributed by atoms with Gasteiger partial charge in [-0.15, -0.1) is 0 Å². The molecule has 0 unspecified atom stereocenters. The molecule has 0 saturated heterocycles. The van der Waals surface area contributed by atoms with Crippen molar-refractivity contribution in [2.24, 2.45) is 0 Å². The summed E-state index contributed by atoms with van der Waals surface area (Å²) in [7, 11) is 1.46. The molecule has 0 aromatic heterocycles. The number of rotatable bonds is 13. The number of hydrogen-bond acceptors (Lipinski definition) is 7. The summed E-state index contributed by atoms with van der Waals surface area (Å²) < 4.78 is 25.9. The van der Waals surface area contributed by atoms with Crippen LogP contribution in [0.15, 0.2) is 48.0 Å². The lowest BCUT2D eigenvalue weighted by molar-refractivity contribution is -0.139. The second kappa shape index (κ2) is 15.3. The van der Waals surface area contributed by atoms with E-state index in [0.29, 0.717) is 38.2 Å². The first-order valence-corrected chi connectivity index (χ1v) is 14.3. The summed E-state index contributed by atoms with van der Waals surface area (Å²) in [5, 5.41) is 33.0. The van der Waals surface area contributed by atoms with Gasteiger partial charge in [0, 0.05) is 31.5 Å². The Hall–Kier alpha value is -2.74. The van der Waals surface area contributed by atoms with Crippen molar-refractivity contribution >= 4 is 34.4 Å². The summed E-state index contributed by atoms with van der Waals surface area (Å²) in [6.45, 7) is 1.67. The molecule has 218 valence electrons. The molecule has 3 atom stereocenters. The van der Waals surface area contributed by atoms with E-state index in [-0.39, 0.29) is 45.1 Å². The number of hydrogen-bond donors (Lipinski definition) is 4. The molecule has 0 bridgehead atoms. The predicted octanol–water partition coefficient (Wildman–Crippen LogP) is 3.07. The molecule has 0 aliphatic heterocycles. The van der Waals surface area contributed by atoms with E-state index in [4.69, 9.17) is 9.47 Å². The maximum atomic E-state index is 13.6. The molecule has 2 aromatic carbocycles. The summed E-state index contributed by atoms with van der Waals surface area (Å²) in [6, 6.07) is 8.30. The van der Waals surface area contributed by atoms with Crippen molar-refractivity contribution in [3.05, 3.63) is 68.6 Å². The van der Waals surface area contributed by atoms with Gasteiger partial charge in [-0.05, 0) is 70.5 Å². The third-order valence-electron chi connectivity index (χ3n) is 6.67. The number of amides is 2. The second-order valence-corrected chi connectivity index (χ2v) is 10.7. The van der Waals surface area contributed by atoms with Gasteiger partial charge in [-0.2, -0.15) is 0 Å². The second-order valence-electron chi connectivity index (χ2n) is 9.53. The van der Waals surface area contributed by atoms with Gasteiger partial charge in [0.1, 0.15) is 18.0 Å². The van der Waals surface area contributed by atoms with Gasteiger partial charge in [0.15, 0.2) is 11.5 Å². The smallest absolute Gasteiger partial charge is 0.247 e. The van der Waals surface area contributed by atoms with E-state index < -0.39 is 30.0 Å². The van der Waals surface area contributed by atoms with Crippen LogP contribution in [0.4, 0.5) is 4.39 Å². The quantitative estimate of drug-likeness (QED) is 0.241. The summed E-state index contributed by atoms with van der Waals surface area (Å²) in [5.41, 5.74) is 1.58. The zero-order chi connectivity index (χ0) is 29.2. The normalized spacial score (nSPS) is 18.6. The highest BCUT2D eigenvalue weighted by molar-refractivity contribution is 14.1. The molecule has 0 fully saturated rings. The fourth-order valence-corrected chi connectivity index (χ4v) is 5.34. The number of methoxy groups -OCH3 is 1. The minimum atomic E-state index is -1.22. The van der Waals surface area contributed by atoms with Gasteiger partial charge in [0.2, 0.25) is 11.8 Å². The van der Waals surface area contributed by atoms with E-state index in [1.54, 1.807) is 24.3 Å². The molecule has 2 aromatic rings. The number of benzene rings is 2. The molecular formula is C29H36FIN2O7. The Labute approximate surface area is 247 Å². The Morgan fingerprint density at radius 2 is 1.90 bits per heavy atom. The monoisotopic (exact) mass is 670 g/mol. The third kappa shape index (κ3) is 8.15. The number of nitrogens with zero attached hydrogens (tertiary/aromatic N) is 1. The molecule has 2 amide bonds. The third-order valence-corrected chi connectivity index (χ3v) is 7.47. The lowest BCUT2D eigenvalue weighted by atomic mass is 9.87. The van der Waals surface area contributed by atoms with Crippen LogP contribution in [0.3, 0.4) is 0 Å². The maximum absolute atomic E-state index is 13.6. The highest BCUT2D eigenvalue weighted by Gasteiger charge is 2.40. The van der Waals surface area contributed by atoms with Crippen LogP contribution < -0.4 is 14.8 Å². The number of nitrogens with one attached hydrogen (secondary N) is 1. The van der Waals surface area contributed by atoms with E-state index in [2.05, 4.69) is 5.32 Å². The van der Waals surface area contributed by atoms with Crippen molar-refractivity contribution < 1.29 is 38.8 Å². The summed E-state index contributed by atoms with van der Waals surface area (Å²) in [6.07, 6.45) is 1.00. The van der Waals surface area contributed by atoms with E-state index in [1.165, 1.54) is 30.2 Å². The van der Waals surface area contributed by atoms with Crippen LogP contribution in [0.1, 0.15) is 43.7 Å². The predicted molar refractivity (Wildman–Crippen MR) is 155 cm³/mol. The Balaban J connectivity index is 2.02. The molecule has 9 nitrogen and oxygen atoms in total. The van der Waals surface area contributed by atoms with E-state index >= 15 is 0 Å². The minimum absolute atomic E-state index is 0.0397. The molecule has 0 spiro atoms. The van der Waals surface area contributed by atoms with Gasteiger partial charge in [-0.25, -0.2) is 4.39 Å². The largest absolute Gasteiger partial charge is 0.493 e. The van der Waals surface area contributed by atoms with Gasteiger partial charge in [-0.1, -0.05) is 25.5 Å². The average Bonchev–Trinajstić information content (AvgIpc) is 2.96. The fraction of sp³-hybridized carbons (Fsp3) is 0.448. The molecule has 4 N–H and O–H groups in total. The highest BCUT2D eigenvalue weighted by atomic mass is 127. The molecule has 1 aliphatic rings. The number of unbranched alkanes of at least 4 members (excludes halogenated alkanes) is 1. The zero-order valence-corrected chi connectivity index (χ0v) is 24.8. The lowest BCUT2D eigenvalue weighted by Gasteiger charge is -2.41. The number of carbonyl (C=O) groups excluding carboxylic acids is 2. The van der Waals surface area contributed by atoms with Crippen molar-refractivity contribution in [3.8, 4) is 11.5 Å². The number of ether oxygens (including phenoxy) is 2. The van der Waals surface area contributed by atoms with Crippen molar-refractivity contribution in [3.63, 3.8) is 0 Å². The van der Waals surface area contributed by atoms with Crippen molar-refractivity contribution in [1.82, 2.24) is 10.2 Å². The van der Waals surface area contributed by atoms with Gasteiger partial charge in [-0.3, -0.25) is 9.59 Å². The summed E-state index contributed by atoms with van der Waals surface area (Å²) in [4.78, 5) is 28.0. The van der Waals surface area contributed by atoms with Gasteiger partial charge in [0.05, 0.1) is 29.9 Å². The summed E-state index contributed by atoms with van der Waals surface area (Å²) in [5.74, 6) is -0.392. The first-order chi connectivity index (χ1) is 19.2. The van der Waals surface area contributed by atoms with Gasteiger partial charge >= 0.3 is 0 Å². The zero-order valence-electron chi connectivity index (χ0n) is 22.6. The van der Waals surface area contributed by atoms with Crippen LogP contribution in [0.25, 0.3) is 0 Å². The van der Waals surface area contributed by atoms with Crippen LogP contribution in [0, 0.1) is 9.39 Å². The molecule has 0 saturated carbocycles. The standard InChI is InChI=1S/C29H36FIN2O7/c1-3-4-5-26(36)33(16-18-6-8-21(30)9-7-18)23-14-20(29(38)32-10-11-34)15-24(27(23)37)40-28-22(31)12-19(17-35)13-25(28)39-2/h6-9,12-13,15,23-24,27,34-35,37H,3-5,10-11,14,16-17H2,1-2H3,(H,32,38)/t23-,24+,27+/m1/s1. The number of carbonyl (C=O) groups is 2. The van der Waals surface area contributed by atoms with E-state index in [9.17, 15) is 29.3 Å². The maximum Gasteiger partial charge on any atom is 0.247 e. The van der Waals surface area contributed by atoms with Gasteiger partial charge in [0.25, 0.3) is 0 Å². The number of aliphatic hydroxyl groups excluding tert-OH is 3. The SMILES string of the molecule is CCCCC(=O)N(Cc1ccc(F)cc1)[C@@H]1CC(C(=O)NCCO)=C[C@H](Oc2c(I)cc(CO)cc2OC)[C@H]1O.